The van der Waals surface area contributed by atoms with Gasteiger partial charge >= 0.3 is 10.3 Å². The quantitative estimate of drug-likeness (QED) is 0.560. The Morgan fingerprint density at radius 1 is 1.10 bits per heavy atom. The molecular formula is C21H22ClN3O5S. The molecule has 0 saturated carbocycles. The molecule has 2 aromatic carbocycles. The number of nitrogens with zero attached hydrogens (tertiary/aromatic N) is 3. The number of carbonyl (C=O) groups excluding carboxylic acids is 1. The van der Waals surface area contributed by atoms with Crippen molar-refractivity contribution >= 4 is 44.4 Å². The molecule has 1 amide bonds. The molecule has 0 radical (unpaired) electrons. The van der Waals surface area contributed by atoms with Crippen molar-refractivity contribution in [3.05, 3.63) is 69.5 Å². The number of carbonyl (C=O) groups is 1. The molecule has 0 saturated heterocycles. The maximum absolute atomic E-state index is 13.6. The van der Waals surface area contributed by atoms with Gasteiger partial charge in [-0.3, -0.25) is 9.59 Å². The normalized spacial score (nSPS) is 11.7. The van der Waals surface area contributed by atoms with E-state index in [4.69, 9.17) is 15.8 Å². The largest absolute Gasteiger partial charge is 0.384 e. The van der Waals surface area contributed by atoms with E-state index in [0.717, 1.165) is 4.31 Å². The number of fused-ring (bicyclic) bond motifs is 1. The van der Waals surface area contributed by atoms with E-state index >= 15 is 0 Å². The van der Waals surface area contributed by atoms with E-state index in [1.807, 2.05) is 0 Å². The highest BCUT2D eigenvalue weighted by Crippen LogP contribution is 2.35. The number of amides is 1. The van der Waals surface area contributed by atoms with Gasteiger partial charge in [-0.25, -0.2) is 0 Å². The van der Waals surface area contributed by atoms with E-state index in [1.54, 1.807) is 49.4 Å². The lowest BCUT2D eigenvalue weighted by molar-refractivity contribution is 0.0985. The molecule has 31 heavy (non-hydrogen) atoms. The van der Waals surface area contributed by atoms with Crippen LogP contribution < -0.4 is 14.6 Å². The van der Waals surface area contributed by atoms with Crippen molar-refractivity contribution in [2.24, 2.45) is 7.05 Å². The Labute approximate surface area is 185 Å². The summed E-state index contributed by atoms with van der Waals surface area (Å²) in [5.74, 6) is -1.09. The Morgan fingerprint density at radius 2 is 1.74 bits per heavy atom. The van der Waals surface area contributed by atoms with Crippen LogP contribution in [0.5, 0.6) is 5.75 Å². The van der Waals surface area contributed by atoms with Crippen molar-refractivity contribution in [3.63, 3.8) is 0 Å². The minimum absolute atomic E-state index is 0.147. The first-order valence-corrected chi connectivity index (χ1v) is 11.1. The van der Waals surface area contributed by atoms with Gasteiger partial charge in [-0.15, -0.1) is 0 Å². The molecule has 3 rings (SSSR count). The fraction of sp³-hybridized carbons (Fsp3) is 0.238. The summed E-state index contributed by atoms with van der Waals surface area (Å²) < 4.78 is 32.5. The Morgan fingerprint density at radius 3 is 2.32 bits per heavy atom. The Hall–Kier alpha value is -2.88. The first kappa shape index (κ1) is 22.8. The van der Waals surface area contributed by atoms with Crippen LogP contribution in [0.2, 0.25) is 5.02 Å². The predicted molar refractivity (Wildman–Crippen MR) is 121 cm³/mol. The molecule has 1 aromatic heterocycles. The minimum Gasteiger partial charge on any atom is -0.369 e. The molecule has 0 atom stereocenters. The van der Waals surface area contributed by atoms with Crippen molar-refractivity contribution in [1.29, 1.82) is 0 Å². The van der Waals surface area contributed by atoms with Gasteiger partial charge in [0.2, 0.25) is 0 Å². The molecule has 8 nitrogen and oxygen atoms in total. The molecular weight excluding hydrogens is 442 g/mol. The zero-order valence-corrected chi connectivity index (χ0v) is 19.1. The highest BCUT2D eigenvalue weighted by atomic mass is 35.5. The summed E-state index contributed by atoms with van der Waals surface area (Å²) in [5.41, 5.74) is -0.226. The lowest BCUT2D eigenvalue weighted by atomic mass is 10.1. The number of pyridine rings is 1. The third-order valence-electron chi connectivity index (χ3n) is 4.80. The number of benzene rings is 2. The van der Waals surface area contributed by atoms with Gasteiger partial charge in [0.25, 0.3) is 11.5 Å². The second-order valence-electron chi connectivity index (χ2n) is 6.91. The van der Waals surface area contributed by atoms with E-state index in [1.165, 1.54) is 36.7 Å². The third kappa shape index (κ3) is 4.16. The summed E-state index contributed by atoms with van der Waals surface area (Å²) in [6, 6.07) is 13.5. The van der Waals surface area contributed by atoms with Gasteiger partial charge in [-0.05, 0) is 31.2 Å². The van der Waals surface area contributed by atoms with Crippen molar-refractivity contribution < 1.29 is 17.4 Å². The third-order valence-corrected chi connectivity index (χ3v) is 6.39. The first-order chi connectivity index (χ1) is 14.6. The van der Waals surface area contributed by atoms with E-state index in [2.05, 4.69) is 0 Å². The first-order valence-electron chi connectivity index (χ1n) is 9.40. The van der Waals surface area contributed by atoms with Gasteiger partial charge in [0.15, 0.2) is 5.75 Å². The van der Waals surface area contributed by atoms with Gasteiger partial charge in [0, 0.05) is 33.4 Å². The monoisotopic (exact) mass is 463 g/mol. The van der Waals surface area contributed by atoms with E-state index < -0.39 is 33.1 Å². The maximum atomic E-state index is 13.6. The van der Waals surface area contributed by atoms with Gasteiger partial charge < -0.3 is 13.7 Å². The zero-order valence-electron chi connectivity index (χ0n) is 17.5. The summed E-state index contributed by atoms with van der Waals surface area (Å²) >= 11 is 6.37. The standard InChI is InChI=1S/C21H22ClN3O5S/c1-5-25(14-10-7-6-8-11-14)21(27)18-19(30-31(28,29)23(2)3)17-15(22)12-9-13-16(17)24(4)20(18)26/h6-13H,5H2,1-4H3. The number of hydrogen-bond donors (Lipinski definition) is 0. The average Bonchev–Trinajstić information content (AvgIpc) is 2.73. The molecule has 0 bridgehead atoms. The molecule has 0 aliphatic carbocycles. The SMILES string of the molecule is CCN(C(=O)c1c(OS(=O)(=O)N(C)C)c2c(Cl)cccc2n(C)c1=O)c1ccccc1. The second kappa shape index (κ2) is 8.70. The minimum atomic E-state index is -4.29. The van der Waals surface area contributed by atoms with E-state index in [9.17, 15) is 18.0 Å². The lowest BCUT2D eigenvalue weighted by Gasteiger charge is -2.24. The highest BCUT2D eigenvalue weighted by molar-refractivity contribution is 7.84. The molecule has 0 N–H and O–H groups in total. The number of rotatable bonds is 6. The molecule has 0 aliphatic heterocycles. The molecule has 0 fully saturated rings. The molecule has 0 unspecified atom stereocenters. The van der Waals surface area contributed by atoms with Gasteiger partial charge in [0.05, 0.1) is 15.9 Å². The average molecular weight is 464 g/mol. The highest BCUT2D eigenvalue weighted by Gasteiger charge is 2.31. The summed E-state index contributed by atoms with van der Waals surface area (Å²) in [6.07, 6.45) is 0. The van der Waals surface area contributed by atoms with Gasteiger partial charge in [-0.1, -0.05) is 35.9 Å². The van der Waals surface area contributed by atoms with Crippen LogP contribution in [0.1, 0.15) is 17.3 Å². The number of hydrogen-bond acceptors (Lipinski definition) is 5. The van der Waals surface area contributed by atoms with Crippen LogP contribution in [0.4, 0.5) is 5.69 Å². The fourth-order valence-corrected chi connectivity index (χ4v) is 3.94. The Kier molecular flexibility index (Phi) is 6.40. The summed E-state index contributed by atoms with van der Waals surface area (Å²) in [4.78, 5) is 28.2. The summed E-state index contributed by atoms with van der Waals surface area (Å²) in [7, 11) is -0.236. The molecule has 1 heterocycles. The fourth-order valence-electron chi connectivity index (χ4n) is 3.15. The smallest absolute Gasteiger partial charge is 0.369 e. The predicted octanol–water partition coefficient (Wildman–Crippen LogP) is 3.04. The maximum Gasteiger partial charge on any atom is 0.384 e. The number of para-hydroxylation sites is 1. The number of aryl methyl sites for hydroxylation is 1. The molecule has 164 valence electrons. The molecule has 10 heteroatoms. The Balaban J connectivity index is 2.38. The van der Waals surface area contributed by atoms with Crippen LogP contribution in [0.25, 0.3) is 10.9 Å². The van der Waals surface area contributed by atoms with Crippen LogP contribution >= 0.6 is 11.6 Å². The van der Waals surface area contributed by atoms with Crippen molar-refractivity contribution in [1.82, 2.24) is 8.87 Å². The van der Waals surface area contributed by atoms with Crippen molar-refractivity contribution in [3.8, 4) is 5.75 Å². The topological polar surface area (TPSA) is 88.9 Å². The number of halogens is 1. The molecule has 0 spiro atoms. The van der Waals surface area contributed by atoms with E-state index in [0.29, 0.717) is 11.2 Å². The summed E-state index contributed by atoms with van der Waals surface area (Å²) in [6.45, 7) is 1.99. The number of aromatic nitrogens is 1. The summed E-state index contributed by atoms with van der Waals surface area (Å²) in [5, 5.41) is 0.304. The van der Waals surface area contributed by atoms with Crippen LogP contribution in [0.15, 0.2) is 53.3 Å². The van der Waals surface area contributed by atoms with Crippen LogP contribution in [0.3, 0.4) is 0 Å². The van der Waals surface area contributed by atoms with Crippen LogP contribution in [-0.4, -0.2) is 43.8 Å². The van der Waals surface area contributed by atoms with Crippen LogP contribution in [-0.2, 0) is 17.4 Å². The Bertz CT molecular complexity index is 1300. The lowest BCUT2D eigenvalue weighted by Crippen LogP contribution is -2.38. The van der Waals surface area contributed by atoms with Crippen molar-refractivity contribution in [2.75, 3.05) is 25.5 Å². The van der Waals surface area contributed by atoms with E-state index in [-0.39, 0.29) is 17.0 Å². The second-order valence-corrected chi connectivity index (χ2v) is 9.07. The van der Waals surface area contributed by atoms with Crippen molar-refractivity contribution in [2.45, 2.75) is 6.92 Å². The molecule has 3 aromatic rings. The zero-order chi connectivity index (χ0) is 22.9. The van der Waals surface area contributed by atoms with Gasteiger partial charge in [-0.2, -0.15) is 12.7 Å². The van der Waals surface area contributed by atoms with Gasteiger partial charge in [0.1, 0.15) is 5.56 Å². The number of anilines is 1. The molecule has 0 aliphatic rings. The van der Waals surface area contributed by atoms with Crippen LogP contribution in [0, 0.1) is 0 Å².